The third kappa shape index (κ3) is 2.16. The van der Waals surface area contributed by atoms with E-state index in [2.05, 4.69) is 24.2 Å². The van der Waals surface area contributed by atoms with Crippen LogP contribution in [-0.2, 0) is 9.53 Å². The number of hydrogen-bond acceptors (Lipinski definition) is 3. The first kappa shape index (κ1) is 10.9. The number of carbonyl (C=O) groups is 1. The second-order valence-corrected chi connectivity index (χ2v) is 4.76. The van der Waals surface area contributed by atoms with Crippen molar-refractivity contribution in [3.8, 4) is 0 Å². The second-order valence-electron chi connectivity index (χ2n) is 4.76. The molecule has 0 spiro atoms. The second kappa shape index (κ2) is 4.49. The Morgan fingerprint density at radius 3 is 3.00 bits per heavy atom. The van der Waals surface area contributed by atoms with Gasteiger partial charge in [0.15, 0.2) is 0 Å². The summed E-state index contributed by atoms with van der Waals surface area (Å²) in [4.78, 5) is 13.8. The number of likely N-dealkylation sites (N-methyl/N-ethyl adjacent to an activating group) is 1. The minimum atomic E-state index is 0.0205. The molecule has 0 radical (unpaired) electrons. The number of nitrogens with two attached hydrogens (primary N) is 1. The van der Waals surface area contributed by atoms with Crippen molar-refractivity contribution in [2.75, 3.05) is 26.9 Å². The van der Waals surface area contributed by atoms with Crippen molar-refractivity contribution in [1.29, 1.82) is 0 Å². The molecule has 0 aromatic rings. The first-order chi connectivity index (χ1) is 7.22. The standard InChI is InChI=1S/C11H20N2O2/c1-3-10-8(6-15-11(10)14)4-9-5-12-7-13(9)2/h8-10,12H,3-7H2,1-2H3/p+1/t8-,9?,10+/m0/s1. The highest BCUT2D eigenvalue weighted by molar-refractivity contribution is 5.74. The summed E-state index contributed by atoms with van der Waals surface area (Å²) in [7, 11) is 2.16. The van der Waals surface area contributed by atoms with Crippen LogP contribution in [0, 0.1) is 11.8 Å². The highest BCUT2D eigenvalue weighted by atomic mass is 16.5. The van der Waals surface area contributed by atoms with Crippen molar-refractivity contribution < 1.29 is 14.8 Å². The molecule has 0 aliphatic carbocycles. The normalized spacial score (nSPS) is 37.2. The molecule has 15 heavy (non-hydrogen) atoms. The fourth-order valence-electron chi connectivity index (χ4n) is 2.76. The summed E-state index contributed by atoms with van der Waals surface area (Å²) in [5, 5.41) is 2.32. The lowest BCUT2D eigenvalue weighted by Gasteiger charge is -2.20. The Morgan fingerprint density at radius 2 is 2.40 bits per heavy atom. The molecule has 2 N–H and O–H groups in total. The van der Waals surface area contributed by atoms with Gasteiger partial charge in [-0.05, 0) is 19.9 Å². The fourth-order valence-corrected chi connectivity index (χ4v) is 2.76. The van der Waals surface area contributed by atoms with Gasteiger partial charge in [0.25, 0.3) is 0 Å². The average Bonchev–Trinajstić information content (AvgIpc) is 2.76. The summed E-state index contributed by atoms with van der Waals surface area (Å²) < 4.78 is 5.15. The maximum atomic E-state index is 11.4. The van der Waals surface area contributed by atoms with Gasteiger partial charge < -0.3 is 10.1 Å². The zero-order chi connectivity index (χ0) is 10.8. The number of esters is 1. The van der Waals surface area contributed by atoms with Gasteiger partial charge in [0.1, 0.15) is 6.67 Å². The lowest BCUT2D eigenvalue weighted by atomic mass is 9.87. The van der Waals surface area contributed by atoms with Crippen molar-refractivity contribution in [3.05, 3.63) is 0 Å². The zero-order valence-electron chi connectivity index (χ0n) is 9.61. The molecule has 1 unspecified atom stereocenters. The lowest BCUT2D eigenvalue weighted by Crippen LogP contribution is -2.82. The molecule has 4 nitrogen and oxygen atoms in total. The van der Waals surface area contributed by atoms with E-state index >= 15 is 0 Å². The van der Waals surface area contributed by atoms with Gasteiger partial charge in [0.2, 0.25) is 0 Å². The summed E-state index contributed by atoms with van der Waals surface area (Å²) in [6.45, 7) is 4.97. The SMILES string of the molecule is CC[C@H]1C(=O)OC[C@@H]1CC1C[NH2+]CN1C. The average molecular weight is 213 g/mol. The Kier molecular flexibility index (Phi) is 3.26. The van der Waals surface area contributed by atoms with E-state index in [9.17, 15) is 4.79 Å². The summed E-state index contributed by atoms with van der Waals surface area (Å²) in [6, 6.07) is 0.624. The van der Waals surface area contributed by atoms with Gasteiger partial charge in [0, 0.05) is 5.92 Å². The van der Waals surface area contributed by atoms with Crippen molar-refractivity contribution in [3.63, 3.8) is 0 Å². The first-order valence-electron chi connectivity index (χ1n) is 5.91. The van der Waals surface area contributed by atoms with Crippen molar-refractivity contribution >= 4 is 5.97 Å². The van der Waals surface area contributed by atoms with Crippen LogP contribution in [0.3, 0.4) is 0 Å². The van der Waals surface area contributed by atoms with Crippen LogP contribution in [0.2, 0.25) is 0 Å². The molecular weight excluding hydrogens is 192 g/mol. The first-order valence-corrected chi connectivity index (χ1v) is 5.91. The maximum absolute atomic E-state index is 11.4. The lowest BCUT2D eigenvalue weighted by molar-refractivity contribution is -0.643. The Bertz CT molecular complexity index is 245. The number of cyclic esters (lactones) is 1. The number of carbonyl (C=O) groups excluding carboxylic acids is 1. The summed E-state index contributed by atoms with van der Waals surface area (Å²) in [5.41, 5.74) is 0. The number of quaternary nitrogens is 1. The zero-order valence-corrected chi connectivity index (χ0v) is 9.61. The predicted molar refractivity (Wildman–Crippen MR) is 56.1 cm³/mol. The highest BCUT2D eigenvalue weighted by Gasteiger charge is 2.38. The van der Waals surface area contributed by atoms with Crippen molar-refractivity contribution in [2.24, 2.45) is 11.8 Å². The summed E-state index contributed by atoms with van der Waals surface area (Å²) in [6.07, 6.45) is 2.03. The van der Waals surface area contributed by atoms with E-state index < -0.39 is 0 Å². The molecule has 2 aliphatic heterocycles. The van der Waals surface area contributed by atoms with Crippen molar-refractivity contribution in [1.82, 2.24) is 4.90 Å². The van der Waals surface area contributed by atoms with E-state index in [-0.39, 0.29) is 11.9 Å². The van der Waals surface area contributed by atoms with Gasteiger partial charge in [-0.25, -0.2) is 0 Å². The van der Waals surface area contributed by atoms with Crippen LogP contribution in [0.1, 0.15) is 19.8 Å². The fraction of sp³-hybridized carbons (Fsp3) is 0.909. The van der Waals surface area contributed by atoms with Gasteiger partial charge in [-0.3, -0.25) is 9.69 Å². The molecule has 0 aromatic carbocycles. The van der Waals surface area contributed by atoms with Crippen LogP contribution in [0.5, 0.6) is 0 Å². The number of nitrogens with zero attached hydrogens (tertiary/aromatic N) is 1. The van der Waals surface area contributed by atoms with Crippen LogP contribution in [0.15, 0.2) is 0 Å². The van der Waals surface area contributed by atoms with Gasteiger partial charge in [0.05, 0.1) is 25.1 Å². The largest absolute Gasteiger partial charge is 0.465 e. The third-order valence-electron chi connectivity index (χ3n) is 3.81. The number of ether oxygens (including phenoxy) is 1. The van der Waals surface area contributed by atoms with Crippen LogP contribution >= 0.6 is 0 Å². The minimum Gasteiger partial charge on any atom is -0.465 e. The van der Waals surface area contributed by atoms with Gasteiger partial charge >= 0.3 is 5.97 Å². The molecule has 0 aromatic heterocycles. The molecule has 4 heteroatoms. The molecule has 0 amide bonds. The van der Waals surface area contributed by atoms with E-state index in [1.807, 2.05) is 0 Å². The van der Waals surface area contributed by atoms with Gasteiger partial charge in [-0.15, -0.1) is 0 Å². The van der Waals surface area contributed by atoms with Gasteiger partial charge in [-0.2, -0.15) is 0 Å². The molecule has 0 saturated carbocycles. The van der Waals surface area contributed by atoms with E-state index in [4.69, 9.17) is 4.74 Å². The van der Waals surface area contributed by atoms with E-state index in [0.717, 1.165) is 26.1 Å². The minimum absolute atomic E-state index is 0.0205. The van der Waals surface area contributed by atoms with Crippen LogP contribution in [0.25, 0.3) is 0 Å². The van der Waals surface area contributed by atoms with E-state index in [1.165, 1.54) is 0 Å². The molecular formula is C11H21N2O2+. The molecule has 2 heterocycles. The number of rotatable bonds is 3. The van der Waals surface area contributed by atoms with Crippen LogP contribution in [-0.4, -0.2) is 43.8 Å². The molecule has 86 valence electrons. The molecule has 2 saturated heterocycles. The molecule has 0 bridgehead atoms. The highest BCUT2D eigenvalue weighted by Crippen LogP contribution is 2.29. The maximum Gasteiger partial charge on any atom is 0.309 e. The Hall–Kier alpha value is -0.610. The summed E-state index contributed by atoms with van der Waals surface area (Å²) >= 11 is 0. The van der Waals surface area contributed by atoms with E-state index in [1.54, 1.807) is 0 Å². The Labute approximate surface area is 91.0 Å². The van der Waals surface area contributed by atoms with Crippen molar-refractivity contribution in [2.45, 2.75) is 25.8 Å². The monoisotopic (exact) mass is 213 g/mol. The predicted octanol–water partition coefficient (Wildman–Crippen LogP) is -0.589. The quantitative estimate of drug-likeness (QED) is 0.637. The van der Waals surface area contributed by atoms with Crippen LogP contribution < -0.4 is 5.32 Å². The topological polar surface area (TPSA) is 46.1 Å². The summed E-state index contributed by atoms with van der Waals surface area (Å²) in [5.74, 6) is 0.618. The Morgan fingerprint density at radius 1 is 1.60 bits per heavy atom. The van der Waals surface area contributed by atoms with E-state index in [0.29, 0.717) is 18.6 Å². The smallest absolute Gasteiger partial charge is 0.309 e. The molecule has 3 atom stereocenters. The molecule has 2 fully saturated rings. The Balaban J connectivity index is 1.91. The molecule has 2 rings (SSSR count). The van der Waals surface area contributed by atoms with Crippen LogP contribution in [0.4, 0.5) is 0 Å². The van der Waals surface area contributed by atoms with Gasteiger partial charge in [-0.1, -0.05) is 6.92 Å². The number of hydrogen-bond donors (Lipinski definition) is 1. The third-order valence-corrected chi connectivity index (χ3v) is 3.81. The molecule has 2 aliphatic rings.